The van der Waals surface area contributed by atoms with Gasteiger partial charge < -0.3 is 19.7 Å². The molecule has 1 saturated heterocycles. The summed E-state index contributed by atoms with van der Waals surface area (Å²) in [7, 11) is 0. The van der Waals surface area contributed by atoms with Gasteiger partial charge in [-0.2, -0.15) is 18.2 Å². The molecule has 0 bridgehead atoms. The summed E-state index contributed by atoms with van der Waals surface area (Å²) in [6.45, 7) is 6.50. The molecule has 1 atom stereocenters. The van der Waals surface area contributed by atoms with Crippen LogP contribution in [0.1, 0.15) is 30.9 Å². The number of anilines is 1. The molecule has 1 aromatic carbocycles. The van der Waals surface area contributed by atoms with Gasteiger partial charge in [0.15, 0.2) is 5.58 Å². The maximum absolute atomic E-state index is 13.0. The van der Waals surface area contributed by atoms with Gasteiger partial charge in [0.05, 0.1) is 16.3 Å². The first-order valence-corrected chi connectivity index (χ1v) is 10.4. The number of benzene rings is 1. The van der Waals surface area contributed by atoms with Gasteiger partial charge in [-0.1, -0.05) is 18.5 Å². The maximum atomic E-state index is 13.0. The number of nitrogens with zero attached hydrogens (tertiary/aromatic N) is 3. The van der Waals surface area contributed by atoms with E-state index in [1.54, 1.807) is 0 Å². The molecule has 0 radical (unpaired) electrons. The first kappa shape index (κ1) is 21.7. The van der Waals surface area contributed by atoms with Crippen molar-refractivity contribution in [1.29, 1.82) is 0 Å². The molecule has 1 fully saturated rings. The number of aromatic hydroxyl groups is 1. The highest BCUT2D eigenvalue weighted by atomic mass is 35.5. The van der Waals surface area contributed by atoms with E-state index < -0.39 is 17.5 Å². The van der Waals surface area contributed by atoms with E-state index >= 15 is 0 Å². The Morgan fingerprint density at radius 2 is 2.06 bits per heavy atom. The monoisotopic (exact) mass is 454 g/mol. The number of rotatable bonds is 4. The van der Waals surface area contributed by atoms with Gasteiger partial charge >= 0.3 is 6.18 Å². The molecule has 2 aromatic heterocycles. The first-order chi connectivity index (χ1) is 14.7. The molecule has 0 amide bonds. The van der Waals surface area contributed by atoms with Crippen LogP contribution in [0.5, 0.6) is 5.75 Å². The number of halogens is 4. The normalized spacial score (nSPS) is 17.9. The van der Waals surface area contributed by atoms with Gasteiger partial charge in [0.1, 0.15) is 5.75 Å². The van der Waals surface area contributed by atoms with Crippen molar-refractivity contribution in [3.05, 3.63) is 34.3 Å². The zero-order valence-corrected chi connectivity index (χ0v) is 17.8. The van der Waals surface area contributed by atoms with Gasteiger partial charge in [0.2, 0.25) is 5.65 Å². The molecule has 0 unspecified atom stereocenters. The van der Waals surface area contributed by atoms with E-state index in [2.05, 4.69) is 27.1 Å². The fraction of sp³-hybridized carbons (Fsp3) is 0.429. The molecule has 0 spiro atoms. The van der Waals surface area contributed by atoms with Crippen LogP contribution < -0.4 is 5.32 Å². The zero-order valence-electron chi connectivity index (χ0n) is 17.1. The van der Waals surface area contributed by atoms with Gasteiger partial charge in [-0.25, -0.2) is 4.98 Å². The summed E-state index contributed by atoms with van der Waals surface area (Å²) in [5, 5.41) is 13.8. The number of likely N-dealkylation sites (N-methyl/N-ethyl adjacent to an activating group) is 1. The summed E-state index contributed by atoms with van der Waals surface area (Å²) in [6, 6.07) is 3.57. The van der Waals surface area contributed by atoms with Crippen LogP contribution in [0.25, 0.3) is 22.5 Å². The Hall–Kier alpha value is -2.52. The lowest BCUT2D eigenvalue weighted by Gasteiger charge is -2.31. The first-order valence-electron chi connectivity index (χ1n) is 10.0. The highest BCUT2D eigenvalue weighted by molar-refractivity contribution is 6.34. The van der Waals surface area contributed by atoms with Gasteiger partial charge in [-0.15, -0.1) is 0 Å². The van der Waals surface area contributed by atoms with E-state index in [1.165, 1.54) is 13.0 Å². The molecule has 6 nitrogen and oxygen atoms in total. The molecule has 3 heterocycles. The lowest BCUT2D eigenvalue weighted by Crippen LogP contribution is -2.41. The second-order valence-corrected chi connectivity index (χ2v) is 8.13. The lowest BCUT2D eigenvalue weighted by molar-refractivity contribution is -0.137. The predicted molar refractivity (Wildman–Crippen MR) is 112 cm³/mol. The number of fused-ring (bicyclic) bond motifs is 1. The predicted octanol–water partition coefficient (Wildman–Crippen LogP) is 5.47. The van der Waals surface area contributed by atoms with Crippen LogP contribution in [0.2, 0.25) is 5.02 Å². The SMILES string of the molecule is CCN1CCC[C@@H](Nc2nc3nc(-c4c(C)cc(C(F)(F)F)cc4O)cc(Cl)c3o2)C1. The zero-order chi connectivity index (χ0) is 22.3. The number of piperidine rings is 1. The minimum atomic E-state index is -4.56. The van der Waals surface area contributed by atoms with E-state index in [1.807, 2.05) is 0 Å². The van der Waals surface area contributed by atoms with Crippen LogP contribution in [0.4, 0.5) is 19.2 Å². The third kappa shape index (κ3) is 4.43. The molecule has 0 aliphatic carbocycles. The smallest absolute Gasteiger partial charge is 0.416 e. The number of pyridine rings is 1. The molecular formula is C21H22ClF3N4O2. The highest BCUT2D eigenvalue weighted by Gasteiger charge is 2.32. The quantitative estimate of drug-likeness (QED) is 0.544. The van der Waals surface area contributed by atoms with Crippen molar-refractivity contribution >= 4 is 28.8 Å². The Morgan fingerprint density at radius 1 is 1.29 bits per heavy atom. The summed E-state index contributed by atoms with van der Waals surface area (Å²) in [6.07, 6.45) is -2.50. The van der Waals surface area contributed by atoms with Crippen molar-refractivity contribution in [2.24, 2.45) is 0 Å². The number of aryl methyl sites for hydroxylation is 1. The second kappa shape index (κ2) is 8.20. The van der Waals surface area contributed by atoms with E-state index in [0.29, 0.717) is 6.07 Å². The number of phenolic OH excluding ortho intramolecular Hbond substituents is 1. The van der Waals surface area contributed by atoms with Crippen molar-refractivity contribution in [3.8, 4) is 17.0 Å². The van der Waals surface area contributed by atoms with Crippen LogP contribution in [-0.4, -0.2) is 45.7 Å². The summed E-state index contributed by atoms with van der Waals surface area (Å²) in [5.74, 6) is -0.529. The van der Waals surface area contributed by atoms with Crippen molar-refractivity contribution in [1.82, 2.24) is 14.9 Å². The van der Waals surface area contributed by atoms with Crippen molar-refractivity contribution in [2.45, 2.75) is 38.9 Å². The van der Waals surface area contributed by atoms with Crippen molar-refractivity contribution in [2.75, 3.05) is 25.0 Å². The number of oxazole rings is 1. The van der Waals surface area contributed by atoms with E-state index in [-0.39, 0.29) is 45.1 Å². The van der Waals surface area contributed by atoms with Gasteiger partial charge in [-0.3, -0.25) is 0 Å². The van der Waals surface area contributed by atoms with Crippen LogP contribution >= 0.6 is 11.6 Å². The molecular weight excluding hydrogens is 433 g/mol. The number of phenols is 1. The average Bonchev–Trinajstić information content (AvgIpc) is 3.10. The molecule has 0 saturated carbocycles. The van der Waals surface area contributed by atoms with E-state index in [0.717, 1.165) is 38.5 Å². The molecule has 10 heteroatoms. The number of alkyl halides is 3. The lowest BCUT2D eigenvalue weighted by atomic mass is 10.0. The molecule has 31 heavy (non-hydrogen) atoms. The van der Waals surface area contributed by atoms with Crippen molar-refractivity contribution < 1.29 is 22.7 Å². The standard InChI is InChI=1S/C21H22ClF3N4O2/c1-3-29-6-4-5-13(10-29)26-20-28-19-18(31-20)14(22)9-15(27-19)17-11(2)7-12(8-16(17)30)21(23,24)25/h7-9,13,30H,3-6,10H2,1-2H3,(H,26,27,28)/t13-/m1/s1. The Labute approximate surface area is 182 Å². The van der Waals surface area contributed by atoms with Crippen LogP contribution in [0.15, 0.2) is 22.6 Å². The molecule has 1 aliphatic heterocycles. The third-order valence-electron chi connectivity index (χ3n) is 5.49. The molecule has 3 aromatic rings. The molecule has 166 valence electrons. The number of aromatic nitrogens is 2. The largest absolute Gasteiger partial charge is 0.507 e. The maximum Gasteiger partial charge on any atom is 0.416 e. The fourth-order valence-corrected chi connectivity index (χ4v) is 4.19. The fourth-order valence-electron chi connectivity index (χ4n) is 3.97. The van der Waals surface area contributed by atoms with Gasteiger partial charge in [-0.05, 0) is 56.6 Å². The Bertz CT molecular complexity index is 1090. The van der Waals surface area contributed by atoms with Crippen LogP contribution in [0, 0.1) is 6.92 Å². The average molecular weight is 455 g/mol. The van der Waals surface area contributed by atoms with Gasteiger partial charge in [0.25, 0.3) is 6.01 Å². The minimum Gasteiger partial charge on any atom is -0.507 e. The number of hydrogen-bond acceptors (Lipinski definition) is 6. The topological polar surface area (TPSA) is 74.4 Å². The van der Waals surface area contributed by atoms with Crippen LogP contribution in [0.3, 0.4) is 0 Å². The number of hydrogen-bond donors (Lipinski definition) is 2. The highest BCUT2D eigenvalue weighted by Crippen LogP contribution is 2.40. The Morgan fingerprint density at radius 3 is 2.74 bits per heavy atom. The van der Waals surface area contributed by atoms with Crippen LogP contribution in [-0.2, 0) is 6.18 Å². The van der Waals surface area contributed by atoms with E-state index in [4.69, 9.17) is 16.0 Å². The summed E-state index contributed by atoms with van der Waals surface area (Å²) in [5.41, 5.74) is 0.168. The van der Waals surface area contributed by atoms with E-state index in [9.17, 15) is 18.3 Å². The molecule has 2 N–H and O–H groups in total. The third-order valence-corrected chi connectivity index (χ3v) is 5.78. The molecule has 4 rings (SSSR count). The summed E-state index contributed by atoms with van der Waals surface area (Å²) in [4.78, 5) is 11.1. The van der Waals surface area contributed by atoms with Crippen molar-refractivity contribution in [3.63, 3.8) is 0 Å². The summed E-state index contributed by atoms with van der Waals surface area (Å²) < 4.78 is 44.8. The minimum absolute atomic E-state index is 0.167. The summed E-state index contributed by atoms with van der Waals surface area (Å²) >= 11 is 6.35. The number of likely N-dealkylation sites (tertiary alicyclic amines) is 1. The second-order valence-electron chi connectivity index (χ2n) is 7.72. The Kier molecular flexibility index (Phi) is 5.74. The van der Waals surface area contributed by atoms with Gasteiger partial charge in [0, 0.05) is 18.2 Å². The Balaban J connectivity index is 1.67. The number of nitrogens with one attached hydrogen (secondary N) is 1. The molecule has 1 aliphatic rings.